The molecule has 0 aromatic heterocycles. The molecule has 0 spiro atoms. The van der Waals surface area contributed by atoms with Crippen LogP contribution in [-0.4, -0.2) is 12.8 Å². The van der Waals surface area contributed by atoms with Gasteiger partial charge < -0.3 is 10.5 Å². The molecular formula is C12H16BrClF3NO. The first-order valence-corrected chi connectivity index (χ1v) is 6.37. The second kappa shape index (κ2) is 7.97. The molecule has 0 saturated heterocycles. The molecule has 110 valence electrons. The van der Waals surface area contributed by atoms with E-state index in [4.69, 9.17) is 10.5 Å². The quantitative estimate of drug-likeness (QED) is 0.830. The van der Waals surface area contributed by atoms with Crippen molar-refractivity contribution in [1.82, 2.24) is 0 Å². The highest BCUT2D eigenvalue weighted by Gasteiger charge is 2.28. The molecule has 0 fully saturated rings. The van der Waals surface area contributed by atoms with E-state index in [1.807, 2.05) is 6.92 Å². The third-order valence-electron chi connectivity index (χ3n) is 2.41. The van der Waals surface area contributed by atoms with Gasteiger partial charge in [-0.25, -0.2) is 0 Å². The Hall–Kier alpha value is -0.460. The van der Waals surface area contributed by atoms with E-state index in [2.05, 4.69) is 15.9 Å². The Morgan fingerprint density at radius 1 is 1.37 bits per heavy atom. The average molecular weight is 363 g/mol. The van der Waals surface area contributed by atoms with Gasteiger partial charge in [0.05, 0.1) is 6.61 Å². The first-order chi connectivity index (χ1) is 8.33. The molecule has 0 heterocycles. The molecule has 2 nitrogen and oxygen atoms in total. The monoisotopic (exact) mass is 361 g/mol. The van der Waals surface area contributed by atoms with Crippen molar-refractivity contribution in [3.63, 3.8) is 0 Å². The first-order valence-electron chi connectivity index (χ1n) is 5.58. The first kappa shape index (κ1) is 18.5. The third kappa shape index (κ3) is 6.49. The molecule has 0 unspecified atom stereocenters. The van der Waals surface area contributed by atoms with Crippen molar-refractivity contribution in [3.05, 3.63) is 28.2 Å². The Balaban J connectivity index is 0.00000324. The summed E-state index contributed by atoms with van der Waals surface area (Å²) in [6.07, 6.45) is -5.23. The largest absolute Gasteiger partial charge is 0.494 e. The van der Waals surface area contributed by atoms with Crippen molar-refractivity contribution in [1.29, 1.82) is 0 Å². The fraction of sp³-hybridized carbons (Fsp3) is 0.500. The number of nitrogens with two attached hydrogens (primary N) is 1. The summed E-state index contributed by atoms with van der Waals surface area (Å²) in [7, 11) is 0. The van der Waals surface area contributed by atoms with Crippen molar-refractivity contribution in [2.24, 2.45) is 5.73 Å². The van der Waals surface area contributed by atoms with Crippen molar-refractivity contribution in [3.8, 4) is 5.75 Å². The van der Waals surface area contributed by atoms with E-state index in [0.717, 1.165) is 4.47 Å². The molecule has 0 aliphatic rings. The lowest BCUT2D eigenvalue weighted by molar-refractivity contribution is -0.136. The molecule has 19 heavy (non-hydrogen) atoms. The van der Waals surface area contributed by atoms with Crippen molar-refractivity contribution < 1.29 is 17.9 Å². The molecule has 0 amide bonds. The molecule has 0 bridgehead atoms. The summed E-state index contributed by atoms with van der Waals surface area (Å²) in [5.41, 5.74) is 6.39. The summed E-state index contributed by atoms with van der Waals surface area (Å²) in [5.74, 6) is 0.537. The van der Waals surface area contributed by atoms with E-state index in [9.17, 15) is 13.2 Å². The number of rotatable bonds is 5. The van der Waals surface area contributed by atoms with Crippen LogP contribution in [0.15, 0.2) is 22.7 Å². The van der Waals surface area contributed by atoms with Gasteiger partial charge in [0.2, 0.25) is 0 Å². The maximum Gasteiger partial charge on any atom is 0.389 e. The molecule has 0 saturated carbocycles. The second-order valence-electron chi connectivity index (χ2n) is 3.88. The van der Waals surface area contributed by atoms with Gasteiger partial charge >= 0.3 is 6.18 Å². The van der Waals surface area contributed by atoms with Crippen LogP contribution < -0.4 is 10.5 Å². The number of ether oxygens (including phenoxy) is 1. The van der Waals surface area contributed by atoms with Gasteiger partial charge in [-0.05, 0) is 31.5 Å². The minimum atomic E-state index is -4.19. The van der Waals surface area contributed by atoms with Crippen LogP contribution >= 0.6 is 28.3 Å². The predicted molar refractivity (Wildman–Crippen MR) is 74.8 cm³/mol. The van der Waals surface area contributed by atoms with E-state index in [1.54, 1.807) is 18.2 Å². The molecule has 1 rings (SSSR count). The average Bonchev–Trinajstić information content (AvgIpc) is 2.27. The summed E-state index contributed by atoms with van der Waals surface area (Å²) < 4.78 is 42.6. The Bertz CT molecular complexity index is 401. The van der Waals surface area contributed by atoms with Crippen LogP contribution in [0.2, 0.25) is 0 Å². The lowest BCUT2D eigenvalue weighted by Gasteiger charge is -2.17. The number of halogens is 5. The van der Waals surface area contributed by atoms with E-state index in [1.165, 1.54) is 0 Å². The van der Waals surface area contributed by atoms with Gasteiger partial charge in [0.15, 0.2) is 0 Å². The van der Waals surface area contributed by atoms with Gasteiger partial charge in [0, 0.05) is 22.5 Å². The van der Waals surface area contributed by atoms with Crippen LogP contribution in [-0.2, 0) is 0 Å². The lowest BCUT2D eigenvalue weighted by Crippen LogP contribution is -2.16. The minimum Gasteiger partial charge on any atom is -0.494 e. The highest BCUT2D eigenvalue weighted by Crippen LogP contribution is 2.32. The highest BCUT2D eigenvalue weighted by atomic mass is 79.9. The molecule has 2 N–H and O–H groups in total. The van der Waals surface area contributed by atoms with Gasteiger partial charge in [-0.3, -0.25) is 0 Å². The van der Waals surface area contributed by atoms with Crippen LogP contribution in [0, 0.1) is 0 Å². The Morgan fingerprint density at radius 2 is 2.00 bits per heavy atom. The summed E-state index contributed by atoms with van der Waals surface area (Å²) in [6.45, 7) is 2.26. The van der Waals surface area contributed by atoms with Gasteiger partial charge in [-0.1, -0.05) is 15.9 Å². The molecule has 0 aliphatic heterocycles. The molecule has 1 aromatic rings. The van der Waals surface area contributed by atoms with Crippen molar-refractivity contribution in [2.45, 2.75) is 32.0 Å². The van der Waals surface area contributed by atoms with Crippen LogP contribution in [0.4, 0.5) is 13.2 Å². The number of alkyl halides is 3. The SMILES string of the molecule is CCOc1ccc(Br)cc1[C@@H](N)CCC(F)(F)F.Cl. The standard InChI is InChI=1S/C12H15BrF3NO.ClH/c1-2-18-11-4-3-8(13)7-9(11)10(17)5-6-12(14,15)16;/h3-4,7,10H,2,5-6,17H2,1H3;1H/t10-;/m0./s1. The number of hydrogen-bond donors (Lipinski definition) is 1. The smallest absolute Gasteiger partial charge is 0.389 e. The fourth-order valence-electron chi connectivity index (χ4n) is 1.57. The van der Waals surface area contributed by atoms with E-state index >= 15 is 0 Å². The van der Waals surface area contributed by atoms with Gasteiger partial charge in [0.25, 0.3) is 0 Å². The van der Waals surface area contributed by atoms with Gasteiger partial charge in [-0.15, -0.1) is 12.4 Å². The number of hydrogen-bond acceptors (Lipinski definition) is 2. The van der Waals surface area contributed by atoms with E-state index in [-0.39, 0.29) is 18.8 Å². The Labute approximate surface area is 125 Å². The van der Waals surface area contributed by atoms with E-state index in [0.29, 0.717) is 17.9 Å². The molecule has 1 aromatic carbocycles. The maximum absolute atomic E-state index is 12.2. The van der Waals surface area contributed by atoms with Gasteiger partial charge in [-0.2, -0.15) is 13.2 Å². The third-order valence-corrected chi connectivity index (χ3v) is 2.90. The molecule has 7 heteroatoms. The molecule has 0 radical (unpaired) electrons. The van der Waals surface area contributed by atoms with Crippen LogP contribution in [0.25, 0.3) is 0 Å². The highest BCUT2D eigenvalue weighted by molar-refractivity contribution is 9.10. The van der Waals surface area contributed by atoms with E-state index < -0.39 is 18.6 Å². The normalized spacial score (nSPS) is 12.7. The maximum atomic E-state index is 12.2. The predicted octanol–water partition coefficient (Wildman–Crippen LogP) is 4.61. The van der Waals surface area contributed by atoms with Crippen molar-refractivity contribution in [2.75, 3.05) is 6.61 Å². The zero-order valence-corrected chi connectivity index (χ0v) is 12.7. The minimum absolute atomic E-state index is 0. The zero-order valence-electron chi connectivity index (χ0n) is 10.3. The Kier molecular flexibility index (Phi) is 7.78. The lowest BCUT2D eigenvalue weighted by atomic mass is 10.0. The topological polar surface area (TPSA) is 35.2 Å². The summed E-state index contributed by atoms with van der Waals surface area (Å²) in [4.78, 5) is 0. The van der Waals surface area contributed by atoms with Gasteiger partial charge in [0.1, 0.15) is 5.75 Å². The molecule has 0 aliphatic carbocycles. The van der Waals surface area contributed by atoms with Crippen LogP contribution in [0.5, 0.6) is 5.75 Å². The molecule has 1 atom stereocenters. The summed E-state index contributed by atoms with van der Waals surface area (Å²) in [6, 6.07) is 4.48. The van der Waals surface area contributed by atoms with Crippen LogP contribution in [0.1, 0.15) is 31.4 Å². The van der Waals surface area contributed by atoms with Crippen LogP contribution in [0.3, 0.4) is 0 Å². The number of benzene rings is 1. The second-order valence-corrected chi connectivity index (χ2v) is 4.79. The zero-order chi connectivity index (χ0) is 13.8. The fourth-order valence-corrected chi connectivity index (χ4v) is 1.95. The summed E-state index contributed by atoms with van der Waals surface area (Å²) >= 11 is 3.27. The summed E-state index contributed by atoms with van der Waals surface area (Å²) in [5, 5.41) is 0. The van der Waals surface area contributed by atoms with Crippen molar-refractivity contribution >= 4 is 28.3 Å². The Morgan fingerprint density at radius 3 is 2.53 bits per heavy atom. The molecular weight excluding hydrogens is 346 g/mol.